The van der Waals surface area contributed by atoms with Gasteiger partial charge >= 0.3 is 23.5 Å². The van der Waals surface area contributed by atoms with Gasteiger partial charge in [0.1, 0.15) is 29.6 Å². The van der Waals surface area contributed by atoms with Crippen molar-refractivity contribution in [1.82, 2.24) is 0 Å². The number of hydrogen-bond donors (Lipinski definition) is 3. The maximum Gasteiger partial charge on any atom is 0.338 e. The summed E-state index contributed by atoms with van der Waals surface area (Å²) in [6, 6.07) is 29.8. The smallest absolute Gasteiger partial charge is 0.338 e. The summed E-state index contributed by atoms with van der Waals surface area (Å²) in [4.78, 5) is 53.1. The van der Waals surface area contributed by atoms with Gasteiger partial charge in [-0.3, -0.25) is 0 Å². The van der Waals surface area contributed by atoms with Crippen molar-refractivity contribution < 1.29 is 67.3 Å². The van der Waals surface area contributed by atoms with E-state index in [1.165, 1.54) is 55.5 Å². The van der Waals surface area contributed by atoms with Crippen molar-refractivity contribution in [3.63, 3.8) is 0 Å². The lowest BCUT2D eigenvalue weighted by Crippen LogP contribution is -2.66. The zero-order chi connectivity index (χ0) is 40.9. The molecule has 58 heavy (non-hydrogen) atoms. The molecule has 2 aliphatic heterocycles. The Hall–Kier alpha value is -5.94. The molecule has 0 amide bonds. The van der Waals surface area contributed by atoms with Gasteiger partial charge in [0.15, 0.2) is 30.7 Å². The van der Waals surface area contributed by atoms with Crippen LogP contribution in [0.3, 0.4) is 0 Å². The number of carbonyl (C=O) groups is 3. The summed E-state index contributed by atoms with van der Waals surface area (Å²) in [6.45, 7) is 2.53. The summed E-state index contributed by atoms with van der Waals surface area (Å²) in [5, 5.41) is 33.2. The minimum Gasteiger partial charge on any atom is -0.462 e. The molecule has 302 valence electrons. The molecule has 2 aliphatic rings. The van der Waals surface area contributed by atoms with E-state index in [2.05, 4.69) is 0 Å². The second kappa shape index (κ2) is 17.7. The Morgan fingerprint density at radius 1 is 0.638 bits per heavy atom. The highest BCUT2D eigenvalue weighted by molar-refractivity contribution is 5.91. The van der Waals surface area contributed by atoms with Gasteiger partial charge in [-0.05, 0) is 67.9 Å². The summed E-state index contributed by atoms with van der Waals surface area (Å²) >= 11 is 0. The fourth-order valence-corrected chi connectivity index (χ4v) is 6.77. The third-order valence-electron chi connectivity index (χ3n) is 9.78. The van der Waals surface area contributed by atoms with Crippen LogP contribution in [0.2, 0.25) is 0 Å². The Bertz CT molecular complexity index is 2260. The molecular formula is C43H40O15. The van der Waals surface area contributed by atoms with Crippen LogP contribution in [-0.4, -0.2) is 101 Å². The summed E-state index contributed by atoms with van der Waals surface area (Å²) < 4.78 is 48.0. The summed E-state index contributed by atoms with van der Waals surface area (Å²) in [5.41, 5.74) is 0.661. The summed E-state index contributed by atoms with van der Waals surface area (Å²) in [7, 11) is 0. The molecule has 1 aromatic heterocycles. The molecule has 4 aromatic carbocycles. The number of hydrogen-bond acceptors (Lipinski definition) is 15. The Morgan fingerprint density at radius 2 is 1.17 bits per heavy atom. The van der Waals surface area contributed by atoms with Crippen LogP contribution in [0.1, 0.15) is 43.6 Å². The number of fused-ring (bicyclic) bond motifs is 1. The first-order valence-corrected chi connectivity index (χ1v) is 18.4. The van der Waals surface area contributed by atoms with E-state index in [0.29, 0.717) is 10.9 Å². The lowest BCUT2D eigenvalue weighted by atomic mass is 9.96. The molecule has 7 rings (SSSR count). The van der Waals surface area contributed by atoms with Gasteiger partial charge in [-0.15, -0.1) is 0 Å². The Kier molecular flexibility index (Phi) is 12.3. The van der Waals surface area contributed by atoms with E-state index in [0.717, 1.165) is 0 Å². The Morgan fingerprint density at radius 3 is 1.72 bits per heavy atom. The zero-order valence-electron chi connectivity index (χ0n) is 31.2. The lowest BCUT2D eigenvalue weighted by molar-refractivity contribution is -0.353. The molecule has 3 heterocycles. The van der Waals surface area contributed by atoms with Crippen molar-refractivity contribution in [1.29, 1.82) is 0 Å². The van der Waals surface area contributed by atoms with Crippen molar-refractivity contribution in [3.8, 4) is 5.75 Å². The largest absolute Gasteiger partial charge is 0.462 e. The van der Waals surface area contributed by atoms with Crippen LogP contribution < -0.4 is 10.4 Å². The molecule has 0 saturated carbocycles. The van der Waals surface area contributed by atoms with Gasteiger partial charge in [-0.25, -0.2) is 19.2 Å². The predicted molar refractivity (Wildman–Crippen MR) is 202 cm³/mol. The minimum absolute atomic E-state index is 0.0904. The van der Waals surface area contributed by atoms with Crippen LogP contribution in [0.5, 0.6) is 5.75 Å². The number of benzene rings is 4. The molecule has 0 unspecified atom stereocenters. The first kappa shape index (κ1) is 40.3. The number of esters is 3. The molecule has 15 nitrogen and oxygen atoms in total. The fraction of sp³-hybridized carbons (Fsp3) is 0.302. The topological polar surface area (TPSA) is 207 Å². The molecule has 2 fully saturated rings. The van der Waals surface area contributed by atoms with Crippen molar-refractivity contribution in [2.45, 2.75) is 75.3 Å². The van der Waals surface area contributed by atoms with E-state index in [1.54, 1.807) is 73.7 Å². The molecule has 0 radical (unpaired) electrons. The second-order valence-corrected chi connectivity index (χ2v) is 13.7. The number of ether oxygens (including phenoxy) is 7. The third kappa shape index (κ3) is 8.79. The van der Waals surface area contributed by atoms with Gasteiger partial charge in [0.2, 0.25) is 6.29 Å². The Labute approximate surface area is 331 Å². The predicted octanol–water partition coefficient (Wildman–Crippen LogP) is 3.73. The number of aliphatic hydroxyl groups is 3. The molecule has 0 aliphatic carbocycles. The average Bonchev–Trinajstić information content (AvgIpc) is 3.23. The SMILES string of the molecule is Cc1cc(=O)oc2cc(O[C@@H]3O[C@H](CO)[C@H](O)[C@H](O)[C@H]3O[C@@H]3O[C@@H](C)[C@@H](OC(=O)c4ccccc4)[C@@H](OC(=O)c4ccccc4)[C@@H]3OC(=O)c3ccccc3)ccc12. The van der Waals surface area contributed by atoms with Crippen molar-refractivity contribution in [2.75, 3.05) is 6.61 Å². The normalized spacial score (nSPS) is 27.0. The lowest BCUT2D eigenvalue weighted by Gasteiger charge is -2.47. The zero-order valence-corrected chi connectivity index (χ0v) is 31.2. The number of carbonyl (C=O) groups excluding carboxylic acids is 3. The van der Waals surface area contributed by atoms with Gasteiger partial charge in [0.05, 0.1) is 29.4 Å². The van der Waals surface area contributed by atoms with Crippen LogP contribution in [-0.2, 0) is 28.4 Å². The number of aliphatic hydroxyl groups excluding tert-OH is 3. The first-order chi connectivity index (χ1) is 28.0. The standard InChI is InChI=1S/C43H40O15/c1-23-20-32(45)53-30-21-28(18-19-29(23)30)52-42-36(34(47)33(46)31(22-44)54-42)58-43-38(57-41(50)27-16-10-5-11-17-27)37(56-40(49)26-14-8-4-9-15-26)35(24(2)51-43)55-39(48)25-12-6-3-7-13-25/h3-21,24,31,33-38,42-44,46-47H,22H2,1-2H3/t24-,31+,33-,34-,35+,36+,37+,38-,42+,43-/m0/s1. The molecule has 5 aromatic rings. The molecule has 15 heteroatoms. The molecule has 0 bridgehead atoms. The quantitative estimate of drug-likeness (QED) is 0.0990. The molecule has 2 saturated heterocycles. The van der Waals surface area contributed by atoms with Gasteiger partial charge in [0.25, 0.3) is 0 Å². The maximum atomic E-state index is 13.8. The second-order valence-electron chi connectivity index (χ2n) is 13.7. The van der Waals surface area contributed by atoms with Crippen molar-refractivity contribution >= 4 is 28.9 Å². The van der Waals surface area contributed by atoms with Gasteiger partial charge < -0.3 is 52.9 Å². The molecular weight excluding hydrogens is 756 g/mol. The van der Waals surface area contributed by atoms with E-state index < -0.39 is 91.6 Å². The van der Waals surface area contributed by atoms with E-state index in [9.17, 15) is 34.5 Å². The number of rotatable bonds is 11. The minimum atomic E-state index is -1.82. The van der Waals surface area contributed by atoms with Crippen molar-refractivity contribution in [3.05, 3.63) is 148 Å². The van der Waals surface area contributed by atoms with Gasteiger partial charge in [-0.1, -0.05) is 54.6 Å². The van der Waals surface area contributed by atoms with Gasteiger partial charge in [-0.2, -0.15) is 0 Å². The highest BCUT2D eigenvalue weighted by Crippen LogP contribution is 2.35. The third-order valence-corrected chi connectivity index (χ3v) is 9.78. The van der Waals surface area contributed by atoms with Crippen LogP contribution in [0.4, 0.5) is 0 Å². The first-order valence-electron chi connectivity index (χ1n) is 18.4. The van der Waals surface area contributed by atoms with Crippen LogP contribution in [0.25, 0.3) is 11.0 Å². The average molecular weight is 797 g/mol. The van der Waals surface area contributed by atoms with E-state index >= 15 is 0 Å². The maximum absolute atomic E-state index is 13.8. The van der Waals surface area contributed by atoms with Crippen molar-refractivity contribution in [2.24, 2.45) is 0 Å². The van der Waals surface area contributed by atoms with E-state index in [1.807, 2.05) is 0 Å². The highest BCUT2D eigenvalue weighted by atomic mass is 16.8. The van der Waals surface area contributed by atoms with E-state index in [4.69, 9.17) is 37.6 Å². The van der Waals surface area contributed by atoms with Crippen LogP contribution in [0, 0.1) is 6.92 Å². The molecule has 10 atom stereocenters. The highest BCUT2D eigenvalue weighted by Gasteiger charge is 2.55. The van der Waals surface area contributed by atoms with Crippen LogP contribution >= 0.6 is 0 Å². The van der Waals surface area contributed by atoms with Crippen LogP contribution in [0.15, 0.2) is 124 Å². The Balaban J connectivity index is 1.26. The monoisotopic (exact) mass is 796 g/mol. The molecule has 0 spiro atoms. The number of aryl methyl sites for hydroxylation is 1. The fourth-order valence-electron chi connectivity index (χ4n) is 6.77. The van der Waals surface area contributed by atoms with Gasteiger partial charge in [0, 0.05) is 17.5 Å². The molecule has 3 N–H and O–H groups in total. The summed E-state index contributed by atoms with van der Waals surface area (Å²) in [5.74, 6) is -2.46. The summed E-state index contributed by atoms with van der Waals surface area (Å²) in [6.07, 6.45) is -15.7. The van der Waals surface area contributed by atoms with E-state index in [-0.39, 0.29) is 28.0 Å².